The van der Waals surface area contributed by atoms with E-state index in [2.05, 4.69) is 53.4 Å². The van der Waals surface area contributed by atoms with Crippen LogP contribution in [0.1, 0.15) is 41.5 Å². The summed E-state index contributed by atoms with van der Waals surface area (Å²) in [6, 6.07) is 0.439. The highest BCUT2D eigenvalue weighted by Crippen LogP contribution is 2.22. The normalized spacial score (nSPS) is 13.3. The van der Waals surface area contributed by atoms with Crippen LogP contribution in [0.5, 0.6) is 6.01 Å². The van der Waals surface area contributed by atoms with Gasteiger partial charge < -0.3 is 10.1 Å². The summed E-state index contributed by atoms with van der Waals surface area (Å²) in [6.07, 6.45) is -0.0130. The van der Waals surface area contributed by atoms with Gasteiger partial charge in [0, 0.05) is 6.04 Å². The first kappa shape index (κ1) is 15.4. The summed E-state index contributed by atoms with van der Waals surface area (Å²) < 4.78 is 5.47. The Kier molecular flexibility index (Phi) is 4.88. The van der Waals surface area contributed by atoms with E-state index >= 15 is 0 Å². The van der Waals surface area contributed by atoms with E-state index in [0.717, 1.165) is 0 Å². The van der Waals surface area contributed by atoms with Gasteiger partial charge in [-0.25, -0.2) is 5.84 Å². The molecule has 108 valence electrons. The standard InChI is InChI=1S/C12H24N6O/c1-7(2)19-11-16-9(15-10(17-11)18-13)14-8(3)12(4,5)6/h7-8H,13H2,1-6H3,(H2,14,15,16,17,18). The molecule has 0 bridgehead atoms. The quantitative estimate of drug-likeness (QED) is 0.553. The number of nitrogen functional groups attached to an aromatic ring is 1. The summed E-state index contributed by atoms with van der Waals surface area (Å²) in [5.41, 5.74) is 2.50. The van der Waals surface area contributed by atoms with E-state index in [-0.39, 0.29) is 29.5 Å². The van der Waals surface area contributed by atoms with Crippen molar-refractivity contribution in [2.75, 3.05) is 10.7 Å². The van der Waals surface area contributed by atoms with Crippen LogP contribution in [0.15, 0.2) is 0 Å². The fraction of sp³-hybridized carbons (Fsp3) is 0.750. The molecule has 0 spiro atoms. The van der Waals surface area contributed by atoms with E-state index in [0.29, 0.717) is 5.95 Å². The minimum atomic E-state index is -0.0130. The minimum absolute atomic E-state index is 0.0130. The fourth-order valence-corrected chi connectivity index (χ4v) is 1.16. The molecule has 1 rings (SSSR count). The van der Waals surface area contributed by atoms with Gasteiger partial charge in [0.2, 0.25) is 11.9 Å². The Morgan fingerprint density at radius 2 is 1.63 bits per heavy atom. The van der Waals surface area contributed by atoms with Gasteiger partial charge in [0.15, 0.2) is 0 Å². The van der Waals surface area contributed by atoms with Crippen molar-refractivity contribution in [3.05, 3.63) is 0 Å². The van der Waals surface area contributed by atoms with Crippen molar-refractivity contribution < 1.29 is 4.74 Å². The second-order valence-electron chi connectivity index (χ2n) is 5.81. The molecule has 7 nitrogen and oxygen atoms in total. The molecule has 0 saturated heterocycles. The number of anilines is 2. The molecule has 1 atom stereocenters. The number of hydrazine groups is 1. The highest BCUT2D eigenvalue weighted by atomic mass is 16.5. The van der Waals surface area contributed by atoms with Gasteiger partial charge in [-0.1, -0.05) is 20.8 Å². The van der Waals surface area contributed by atoms with Crippen LogP contribution < -0.4 is 21.3 Å². The Balaban J connectivity index is 2.94. The zero-order valence-electron chi connectivity index (χ0n) is 12.5. The molecule has 19 heavy (non-hydrogen) atoms. The Morgan fingerprint density at radius 1 is 1.05 bits per heavy atom. The van der Waals surface area contributed by atoms with Gasteiger partial charge in [0.25, 0.3) is 0 Å². The number of hydrogen-bond donors (Lipinski definition) is 3. The third kappa shape index (κ3) is 4.86. The third-order valence-electron chi connectivity index (χ3n) is 2.73. The van der Waals surface area contributed by atoms with Gasteiger partial charge in [-0.3, -0.25) is 5.43 Å². The van der Waals surface area contributed by atoms with Gasteiger partial charge in [0.05, 0.1) is 6.10 Å². The summed E-state index contributed by atoms with van der Waals surface area (Å²) in [4.78, 5) is 12.4. The number of nitrogens with zero attached hydrogens (tertiary/aromatic N) is 3. The summed E-state index contributed by atoms with van der Waals surface area (Å²) in [6.45, 7) is 12.3. The van der Waals surface area contributed by atoms with E-state index in [1.54, 1.807) is 0 Å². The molecule has 7 heteroatoms. The molecule has 1 heterocycles. The highest BCUT2D eigenvalue weighted by molar-refractivity contribution is 5.36. The third-order valence-corrected chi connectivity index (χ3v) is 2.73. The monoisotopic (exact) mass is 268 g/mol. The van der Waals surface area contributed by atoms with E-state index in [9.17, 15) is 0 Å². The summed E-state index contributed by atoms with van der Waals surface area (Å²) >= 11 is 0. The predicted molar refractivity (Wildman–Crippen MR) is 75.9 cm³/mol. The first-order valence-corrected chi connectivity index (χ1v) is 6.38. The number of nitrogens with one attached hydrogen (secondary N) is 2. The molecule has 0 amide bonds. The van der Waals surface area contributed by atoms with Crippen LogP contribution >= 0.6 is 0 Å². The summed E-state index contributed by atoms with van der Waals surface area (Å²) in [7, 11) is 0. The molecule has 0 aliphatic heterocycles. The smallest absolute Gasteiger partial charge is 0.323 e. The maximum absolute atomic E-state index is 5.47. The number of rotatable bonds is 5. The summed E-state index contributed by atoms with van der Waals surface area (Å²) in [5, 5.41) is 3.23. The molecule has 1 aromatic rings. The largest absolute Gasteiger partial charge is 0.461 e. The highest BCUT2D eigenvalue weighted by Gasteiger charge is 2.21. The first-order chi connectivity index (χ1) is 8.72. The predicted octanol–water partition coefficient (Wildman–Crippen LogP) is 1.79. The molecule has 0 aromatic carbocycles. The molecule has 0 aliphatic rings. The van der Waals surface area contributed by atoms with Crippen molar-refractivity contribution in [1.82, 2.24) is 15.0 Å². The van der Waals surface area contributed by atoms with E-state index < -0.39 is 0 Å². The van der Waals surface area contributed by atoms with Crippen LogP contribution in [0.4, 0.5) is 11.9 Å². The van der Waals surface area contributed by atoms with Gasteiger partial charge in [-0.15, -0.1) is 0 Å². The van der Waals surface area contributed by atoms with E-state index in [4.69, 9.17) is 10.6 Å². The average molecular weight is 268 g/mol. The minimum Gasteiger partial charge on any atom is -0.461 e. The van der Waals surface area contributed by atoms with Crippen LogP contribution in [0, 0.1) is 5.41 Å². The SMILES string of the molecule is CC(C)Oc1nc(NN)nc(NC(C)C(C)(C)C)n1. The Bertz CT molecular complexity index is 415. The fourth-order valence-electron chi connectivity index (χ4n) is 1.16. The van der Waals surface area contributed by atoms with Crippen LogP contribution in [0.25, 0.3) is 0 Å². The molecule has 4 N–H and O–H groups in total. The average Bonchev–Trinajstić information content (AvgIpc) is 2.26. The van der Waals surface area contributed by atoms with Crippen molar-refractivity contribution in [3.63, 3.8) is 0 Å². The number of nitrogens with two attached hydrogens (primary N) is 1. The van der Waals surface area contributed by atoms with Gasteiger partial charge >= 0.3 is 6.01 Å². The Hall–Kier alpha value is -1.63. The topological polar surface area (TPSA) is 98.0 Å². The van der Waals surface area contributed by atoms with Crippen LogP contribution in [0.3, 0.4) is 0 Å². The molecule has 0 fully saturated rings. The molecule has 0 radical (unpaired) electrons. The molecular weight excluding hydrogens is 244 g/mol. The van der Waals surface area contributed by atoms with Gasteiger partial charge in [-0.05, 0) is 26.2 Å². The zero-order valence-corrected chi connectivity index (χ0v) is 12.5. The maximum Gasteiger partial charge on any atom is 0.323 e. The Labute approximate surface area is 114 Å². The number of hydrogen-bond acceptors (Lipinski definition) is 7. The van der Waals surface area contributed by atoms with Crippen molar-refractivity contribution in [1.29, 1.82) is 0 Å². The van der Waals surface area contributed by atoms with Crippen LogP contribution in [0.2, 0.25) is 0 Å². The van der Waals surface area contributed by atoms with Crippen molar-refractivity contribution in [2.24, 2.45) is 11.3 Å². The second kappa shape index (κ2) is 6.01. The number of ether oxygens (including phenoxy) is 1. The van der Waals surface area contributed by atoms with Crippen LogP contribution in [-0.4, -0.2) is 27.1 Å². The lowest BCUT2D eigenvalue weighted by Crippen LogP contribution is -2.32. The number of aromatic nitrogens is 3. The molecule has 0 saturated carbocycles. The lowest BCUT2D eigenvalue weighted by Gasteiger charge is -2.28. The molecular formula is C12H24N6O. The first-order valence-electron chi connectivity index (χ1n) is 6.38. The van der Waals surface area contributed by atoms with Crippen molar-refractivity contribution in [3.8, 4) is 6.01 Å². The lowest BCUT2D eigenvalue weighted by molar-refractivity contribution is 0.222. The van der Waals surface area contributed by atoms with E-state index in [1.807, 2.05) is 13.8 Å². The van der Waals surface area contributed by atoms with Gasteiger partial charge in [-0.2, -0.15) is 15.0 Å². The van der Waals surface area contributed by atoms with Crippen molar-refractivity contribution >= 4 is 11.9 Å². The van der Waals surface area contributed by atoms with Crippen molar-refractivity contribution in [2.45, 2.75) is 53.7 Å². The van der Waals surface area contributed by atoms with Gasteiger partial charge in [0.1, 0.15) is 0 Å². The summed E-state index contributed by atoms with van der Waals surface area (Å²) in [5.74, 6) is 6.07. The Morgan fingerprint density at radius 3 is 2.11 bits per heavy atom. The maximum atomic E-state index is 5.47. The molecule has 1 unspecified atom stereocenters. The van der Waals surface area contributed by atoms with Crippen LogP contribution in [-0.2, 0) is 0 Å². The lowest BCUT2D eigenvalue weighted by atomic mass is 9.88. The molecule has 1 aromatic heterocycles. The second-order valence-corrected chi connectivity index (χ2v) is 5.81. The zero-order chi connectivity index (χ0) is 14.6. The molecule has 0 aliphatic carbocycles. The van der Waals surface area contributed by atoms with E-state index in [1.165, 1.54) is 0 Å².